The van der Waals surface area contributed by atoms with E-state index in [0.717, 1.165) is 23.4 Å². The van der Waals surface area contributed by atoms with Gasteiger partial charge >= 0.3 is 5.00 Å². The van der Waals surface area contributed by atoms with Gasteiger partial charge in [0, 0.05) is 0 Å². The number of nitro groups is 1. The van der Waals surface area contributed by atoms with Crippen LogP contribution in [0.3, 0.4) is 0 Å². The number of hydrogen-bond acceptors (Lipinski definition) is 8. The van der Waals surface area contributed by atoms with Crippen LogP contribution >= 0.6 is 11.3 Å². The van der Waals surface area contributed by atoms with Crippen molar-refractivity contribution < 1.29 is 4.92 Å². The number of azo groups is 2. The average molecular weight is 408 g/mol. The number of nitrogens with zero attached hydrogens (tertiary/aromatic N) is 6. The first-order valence-corrected chi connectivity index (χ1v) is 9.98. The largest absolute Gasteiger partial charge is 0.345 e. The molecule has 0 saturated heterocycles. The van der Waals surface area contributed by atoms with Crippen LogP contribution in [0.5, 0.6) is 0 Å². The van der Waals surface area contributed by atoms with Crippen molar-refractivity contribution in [2.45, 2.75) is 26.7 Å². The van der Waals surface area contributed by atoms with Gasteiger partial charge in [0.2, 0.25) is 5.13 Å². The number of aromatic nitrogens is 1. The Morgan fingerprint density at radius 2 is 1.48 bits per heavy atom. The van der Waals surface area contributed by atoms with E-state index in [1.165, 1.54) is 18.2 Å². The summed E-state index contributed by atoms with van der Waals surface area (Å²) in [5.41, 5.74) is 3.39. The van der Waals surface area contributed by atoms with Crippen LogP contribution in [-0.4, -0.2) is 9.91 Å². The summed E-state index contributed by atoms with van der Waals surface area (Å²) < 4.78 is 0. The van der Waals surface area contributed by atoms with Crippen molar-refractivity contribution in [1.29, 1.82) is 0 Å². The van der Waals surface area contributed by atoms with Crippen LogP contribution in [0.1, 0.15) is 25.8 Å². The maximum atomic E-state index is 10.6. The van der Waals surface area contributed by atoms with Crippen molar-refractivity contribution in [2.75, 3.05) is 0 Å². The Hall–Kier alpha value is -3.33. The van der Waals surface area contributed by atoms with E-state index in [0.29, 0.717) is 17.3 Å². The van der Waals surface area contributed by atoms with Gasteiger partial charge < -0.3 is 0 Å². The van der Waals surface area contributed by atoms with Crippen molar-refractivity contribution in [1.82, 2.24) is 4.98 Å². The fraction of sp³-hybridized carbons (Fsp3) is 0.250. The van der Waals surface area contributed by atoms with Gasteiger partial charge in [-0.05, 0) is 65.6 Å². The molecule has 2 aromatic carbocycles. The molecule has 9 heteroatoms. The van der Waals surface area contributed by atoms with E-state index >= 15 is 0 Å². The smallest absolute Gasteiger partial charge is 0.257 e. The summed E-state index contributed by atoms with van der Waals surface area (Å²) in [7, 11) is 0. The van der Waals surface area contributed by atoms with Crippen molar-refractivity contribution in [3.63, 3.8) is 0 Å². The number of benzene rings is 2. The minimum absolute atomic E-state index is 0.0670. The first-order valence-electron chi connectivity index (χ1n) is 9.16. The third-order valence-corrected chi connectivity index (χ3v) is 5.09. The molecule has 8 nitrogen and oxygen atoms in total. The SMILES string of the molecule is CCC(C)Cc1ccc(/N=N/c2ccc(N=Nc3ncc([N+](=O)[O-])s3)cc2)cc1. The highest BCUT2D eigenvalue weighted by Crippen LogP contribution is 2.29. The lowest BCUT2D eigenvalue weighted by atomic mass is 9.99. The molecule has 0 saturated carbocycles. The lowest BCUT2D eigenvalue weighted by Crippen LogP contribution is -1.96. The Kier molecular flexibility index (Phi) is 6.85. The standard InChI is InChI=1S/C20H20N6O2S/c1-3-14(2)12-15-4-6-16(7-5-15)22-23-17-8-10-18(11-9-17)24-25-20-21-13-19(29-20)26(27)28/h4-11,13-14H,3,12H2,1-2H3/b23-22+,25-24?. The van der Waals surface area contributed by atoms with Crippen LogP contribution in [-0.2, 0) is 6.42 Å². The molecule has 1 atom stereocenters. The quantitative estimate of drug-likeness (QED) is 0.219. The van der Waals surface area contributed by atoms with Crippen molar-refractivity contribution in [2.24, 2.45) is 26.4 Å². The summed E-state index contributed by atoms with van der Waals surface area (Å²) in [6.07, 6.45) is 3.40. The maximum absolute atomic E-state index is 10.6. The Balaban J connectivity index is 1.59. The van der Waals surface area contributed by atoms with Crippen LogP contribution in [0.4, 0.5) is 27.2 Å². The molecule has 0 spiro atoms. The molecule has 0 N–H and O–H groups in total. The van der Waals surface area contributed by atoms with E-state index in [1.807, 2.05) is 12.1 Å². The van der Waals surface area contributed by atoms with Gasteiger partial charge in [0.25, 0.3) is 0 Å². The summed E-state index contributed by atoms with van der Waals surface area (Å²) in [6.45, 7) is 4.45. The molecule has 0 radical (unpaired) electrons. The minimum Gasteiger partial charge on any atom is -0.257 e. The first kappa shape index (κ1) is 20.4. The molecule has 0 aliphatic carbocycles. The van der Waals surface area contributed by atoms with Gasteiger partial charge in [0.15, 0.2) is 0 Å². The van der Waals surface area contributed by atoms with Crippen LogP contribution < -0.4 is 0 Å². The zero-order chi connectivity index (χ0) is 20.6. The maximum Gasteiger partial charge on any atom is 0.345 e. The van der Waals surface area contributed by atoms with E-state index in [-0.39, 0.29) is 10.1 Å². The number of thiazole rings is 1. The van der Waals surface area contributed by atoms with Gasteiger partial charge in [-0.15, -0.1) is 10.2 Å². The molecule has 0 fully saturated rings. The zero-order valence-corrected chi connectivity index (χ0v) is 16.9. The van der Waals surface area contributed by atoms with Gasteiger partial charge in [-0.2, -0.15) is 10.2 Å². The molecule has 0 aliphatic heterocycles. The molecule has 0 amide bonds. The summed E-state index contributed by atoms with van der Waals surface area (Å²) in [5, 5.41) is 27.2. The Morgan fingerprint density at radius 1 is 0.966 bits per heavy atom. The van der Waals surface area contributed by atoms with E-state index in [2.05, 4.69) is 51.4 Å². The van der Waals surface area contributed by atoms with Crippen molar-refractivity contribution >= 4 is 38.5 Å². The Bertz CT molecular complexity index is 1010. The normalized spacial score (nSPS) is 12.6. The number of hydrogen-bond donors (Lipinski definition) is 0. The predicted octanol–water partition coefficient (Wildman–Crippen LogP) is 7.47. The highest BCUT2D eigenvalue weighted by atomic mass is 32.1. The highest BCUT2D eigenvalue weighted by molar-refractivity contribution is 7.18. The van der Waals surface area contributed by atoms with E-state index in [9.17, 15) is 10.1 Å². The fourth-order valence-corrected chi connectivity index (χ4v) is 2.99. The second-order valence-corrected chi connectivity index (χ2v) is 7.53. The molecule has 0 bridgehead atoms. The summed E-state index contributed by atoms with van der Waals surface area (Å²) in [4.78, 5) is 14.0. The minimum atomic E-state index is -0.504. The summed E-state index contributed by atoms with van der Waals surface area (Å²) >= 11 is 0.870. The predicted molar refractivity (Wildman–Crippen MR) is 113 cm³/mol. The van der Waals surface area contributed by atoms with Crippen LogP contribution in [0.25, 0.3) is 0 Å². The zero-order valence-electron chi connectivity index (χ0n) is 16.1. The monoisotopic (exact) mass is 408 g/mol. The fourth-order valence-electron chi connectivity index (χ4n) is 2.43. The summed E-state index contributed by atoms with van der Waals surface area (Å²) in [6, 6.07) is 15.2. The molecule has 1 heterocycles. The van der Waals surface area contributed by atoms with Gasteiger partial charge in [-0.3, -0.25) is 10.1 Å². The summed E-state index contributed by atoms with van der Waals surface area (Å²) in [5.74, 6) is 0.670. The second kappa shape index (κ2) is 9.74. The Labute approximate surface area is 172 Å². The second-order valence-electron chi connectivity index (χ2n) is 6.54. The third kappa shape index (κ3) is 6.08. The Morgan fingerprint density at radius 3 is 1.97 bits per heavy atom. The van der Waals surface area contributed by atoms with Gasteiger partial charge in [-0.25, -0.2) is 4.98 Å². The average Bonchev–Trinajstić information content (AvgIpc) is 3.22. The highest BCUT2D eigenvalue weighted by Gasteiger charge is 2.10. The number of rotatable bonds is 8. The van der Waals surface area contributed by atoms with Gasteiger partial charge in [0.1, 0.15) is 6.20 Å². The van der Waals surface area contributed by atoms with Crippen LogP contribution in [0.15, 0.2) is 75.2 Å². The lowest BCUT2D eigenvalue weighted by Gasteiger charge is -2.07. The van der Waals surface area contributed by atoms with Crippen LogP contribution in [0, 0.1) is 16.0 Å². The van der Waals surface area contributed by atoms with E-state index in [1.54, 1.807) is 24.3 Å². The molecule has 3 rings (SSSR count). The first-order chi connectivity index (χ1) is 14.0. The molecule has 1 aromatic heterocycles. The molecule has 3 aromatic rings. The molecule has 148 valence electrons. The molecule has 0 aliphatic rings. The molecule has 1 unspecified atom stereocenters. The third-order valence-electron chi connectivity index (χ3n) is 4.26. The lowest BCUT2D eigenvalue weighted by molar-refractivity contribution is -0.380. The topological polar surface area (TPSA) is 105 Å². The van der Waals surface area contributed by atoms with Gasteiger partial charge in [0.05, 0.1) is 22.0 Å². The van der Waals surface area contributed by atoms with E-state index in [4.69, 9.17) is 0 Å². The van der Waals surface area contributed by atoms with Gasteiger partial charge in [-0.1, -0.05) is 32.4 Å². The molecule has 29 heavy (non-hydrogen) atoms. The molecular formula is C20H20N6O2S. The van der Waals surface area contributed by atoms with Crippen molar-refractivity contribution in [3.05, 3.63) is 70.4 Å². The van der Waals surface area contributed by atoms with Crippen molar-refractivity contribution in [3.8, 4) is 0 Å². The van der Waals surface area contributed by atoms with Crippen LogP contribution in [0.2, 0.25) is 0 Å². The van der Waals surface area contributed by atoms with E-state index < -0.39 is 4.92 Å². The molecular weight excluding hydrogens is 388 g/mol.